The molecular weight excluding hydrogens is 715 g/mol. The largest absolute Gasteiger partial charge is 4.00 e. The van der Waals surface area contributed by atoms with Crippen molar-refractivity contribution < 1.29 is 30.9 Å². The zero-order chi connectivity index (χ0) is 31.6. The van der Waals surface area contributed by atoms with Gasteiger partial charge >= 0.3 is 25.8 Å². The van der Waals surface area contributed by atoms with Gasteiger partial charge in [-0.1, -0.05) is 104 Å². The molecule has 3 nitrogen and oxygen atoms in total. The van der Waals surface area contributed by atoms with Crippen LogP contribution >= 0.6 is 0 Å². The van der Waals surface area contributed by atoms with E-state index in [1.165, 1.54) is 16.7 Å². The predicted octanol–water partition coefficient (Wildman–Crippen LogP) is 9.99. The van der Waals surface area contributed by atoms with Crippen LogP contribution in [0.1, 0.15) is 58.7 Å². The Bertz CT molecular complexity index is 1450. The first-order valence-corrected chi connectivity index (χ1v) is 15.4. The van der Waals surface area contributed by atoms with E-state index in [0.29, 0.717) is 11.7 Å². The Morgan fingerprint density at radius 1 is 0.689 bits per heavy atom. The van der Waals surface area contributed by atoms with E-state index in [2.05, 4.69) is 82.4 Å². The van der Waals surface area contributed by atoms with Crippen molar-refractivity contribution in [3.63, 3.8) is 0 Å². The summed E-state index contributed by atoms with van der Waals surface area (Å²) in [6, 6.07) is 42.6. The summed E-state index contributed by atoms with van der Waals surface area (Å²) in [6.07, 6.45) is 1.56. The molecule has 0 bridgehead atoms. The summed E-state index contributed by atoms with van der Waals surface area (Å²) in [7, 11) is 0. The average molecular weight is 762 g/mol. The van der Waals surface area contributed by atoms with Crippen molar-refractivity contribution in [2.45, 2.75) is 39.5 Å². The van der Waals surface area contributed by atoms with E-state index in [1.807, 2.05) is 84.9 Å². The number of nitrogens with zero attached hydrogens (tertiary/aromatic N) is 1. The van der Waals surface area contributed by atoms with Crippen LogP contribution < -0.4 is 5.32 Å². The third-order valence-electron chi connectivity index (χ3n) is 7.04. The van der Waals surface area contributed by atoms with Crippen molar-refractivity contribution in [2.24, 2.45) is 0 Å². The molecule has 0 saturated carbocycles. The van der Waals surface area contributed by atoms with Crippen LogP contribution in [0.2, 0.25) is 0 Å². The summed E-state index contributed by atoms with van der Waals surface area (Å²) in [5, 5.41) is 19.0. The molecular formula is C41H47HfN2O+. The van der Waals surface area contributed by atoms with Crippen molar-refractivity contribution in [3.8, 4) is 5.75 Å². The molecule has 0 aromatic heterocycles. The Kier molecular flexibility index (Phi) is 17.6. The van der Waals surface area contributed by atoms with E-state index < -0.39 is 0 Å². The molecule has 2 N–H and O–H groups in total. The van der Waals surface area contributed by atoms with Crippen LogP contribution in [-0.4, -0.2) is 24.7 Å². The molecule has 0 heterocycles. The fourth-order valence-corrected chi connectivity index (χ4v) is 4.75. The molecule has 5 rings (SSSR count). The molecule has 45 heavy (non-hydrogen) atoms. The number of hydrogen-bond acceptors (Lipinski definition) is 2. The fourth-order valence-electron chi connectivity index (χ4n) is 4.75. The molecule has 4 heteroatoms. The third-order valence-corrected chi connectivity index (χ3v) is 7.04. The zero-order valence-electron chi connectivity index (χ0n) is 27.0. The van der Waals surface area contributed by atoms with Gasteiger partial charge in [-0.2, -0.15) is 49.2 Å². The Balaban J connectivity index is 0.000000384. The van der Waals surface area contributed by atoms with Crippen molar-refractivity contribution in [1.29, 1.82) is 0 Å². The molecule has 0 fully saturated rings. The Morgan fingerprint density at radius 2 is 1.20 bits per heavy atom. The minimum Gasteiger partial charge on any atom is -0.683 e. The maximum atomic E-state index is 10.8. The maximum Gasteiger partial charge on any atom is 4.00 e. The van der Waals surface area contributed by atoms with E-state index in [1.54, 1.807) is 0 Å². The van der Waals surface area contributed by atoms with Gasteiger partial charge in [0.15, 0.2) is 0 Å². The van der Waals surface area contributed by atoms with Gasteiger partial charge in [-0.3, -0.25) is 0 Å². The number of aromatic hydroxyl groups is 1. The summed E-state index contributed by atoms with van der Waals surface area (Å²) >= 11 is 0. The summed E-state index contributed by atoms with van der Waals surface area (Å²) in [5.41, 5.74) is 8.95. The fraction of sp³-hybridized carbons (Fsp3) is 0.220. The average Bonchev–Trinajstić information content (AvgIpc) is 3.03. The van der Waals surface area contributed by atoms with Crippen molar-refractivity contribution in [3.05, 3.63) is 186 Å². The van der Waals surface area contributed by atoms with Gasteiger partial charge in [0.05, 0.1) is 0 Å². The molecule has 0 unspecified atom stereocenters. The molecule has 0 aliphatic carbocycles. The first-order chi connectivity index (χ1) is 21.3. The second-order valence-corrected chi connectivity index (χ2v) is 11.2. The van der Waals surface area contributed by atoms with Gasteiger partial charge in [-0.25, -0.2) is 0 Å². The van der Waals surface area contributed by atoms with Crippen molar-refractivity contribution in [2.75, 3.05) is 19.6 Å². The summed E-state index contributed by atoms with van der Waals surface area (Å²) < 4.78 is 0. The Labute approximate surface area is 290 Å². The van der Waals surface area contributed by atoms with Crippen LogP contribution in [0.25, 0.3) is 5.32 Å². The number of rotatable bonds is 10. The Morgan fingerprint density at radius 3 is 1.73 bits per heavy atom. The number of phenols is 1. The molecule has 0 radical (unpaired) electrons. The number of aryl methyl sites for hydroxylation is 1. The van der Waals surface area contributed by atoms with E-state index in [-0.39, 0.29) is 25.8 Å². The molecule has 5 aromatic carbocycles. The molecule has 0 amide bonds. The van der Waals surface area contributed by atoms with Gasteiger partial charge in [0.25, 0.3) is 0 Å². The first kappa shape index (κ1) is 37.5. The van der Waals surface area contributed by atoms with E-state index in [0.717, 1.165) is 60.4 Å². The van der Waals surface area contributed by atoms with Crippen molar-refractivity contribution in [1.82, 2.24) is 5.32 Å². The van der Waals surface area contributed by atoms with Crippen LogP contribution in [0.3, 0.4) is 0 Å². The standard InChI is InChI=1S/C27H33N2O.2C7H7.Hf/c1-20(2)25-11-7-8-12-26(25)29-16-15-28-14-13-23-17-21(3)18-24(27(23)30)19-22-9-5-4-6-10-22;2*1-7-5-3-2-4-6-7;/h4-12,17-18,20,28,30H,13-16,19H2,1-3H3;2*2-6H,1H2;/q3*-1;+4. The Hall–Kier alpha value is -3.73. The summed E-state index contributed by atoms with van der Waals surface area (Å²) in [4.78, 5) is 0. The molecule has 0 saturated heterocycles. The van der Waals surface area contributed by atoms with E-state index >= 15 is 0 Å². The predicted molar refractivity (Wildman–Crippen MR) is 189 cm³/mol. The number of benzene rings is 5. The van der Waals surface area contributed by atoms with Crippen LogP contribution in [0.15, 0.2) is 127 Å². The van der Waals surface area contributed by atoms with Gasteiger partial charge < -0.3 is 15.7 Å². The minimum atomic E-state index is 0. The van der Waals surface area contributed by atoms with Gasteiger partial charge in [0, 0.05) is 6.42 Å². The van der Waals surface area contributed by atoms with Gasteiger partial charge in [0.2, 0.25) is 0 Å². The second-order valence-electron chi connectivity index (χ2n) is 11.2. The number of hydrogen-bond donors (Lipinski definition) is 2. The SMILES string of the molecule is Cc1cc(CCNCC[N-]c2ccccc2C(C)C)c(O)c(Cc2ccccc2)c1.[CH2-]c1ccccc1.[CH2-]c1ccccc1.[Hf+4]. The zero-order valence-corrected chi connectivity index (χ0v) is 30.6. The minimum absolute atomic E-state index is 0. The van der Waals surface area contributed by atoms with Gasteiger partial charge in [-0.15, -0.1) is 36.5 Å². The quantitative estimate of drug-likeness (QED) is 0.0846. The van der Waals surface area contributed by atoms with Crippen LogP contribution in [-0.2, 0) is 38.7 Å². The van der Waals surface area contributed by atoms with E-state index in [4.69, 9.17) is 5.32 Å². The normalized spacial score (nSPS) is 10.0. The molecule has 230 valence electrons. The molecule has 0 spiro atoms. The van der Waals surface area contributed by atoms with Crippen LogP contribution in [0.5, 0.6) is 5.75 Å². The molecule has 0 atom stereocenters. The topological polar surface area (TPSA) is 46.4 Å². The molecule has 5 aromatic rings. The van der Waals surface area contributed by atoms with Crippen LogP contribution in [0.4, 0.5) is 5.69 Å². The van der Waals surface area contributed by atoms with Gasteiger partial charge in [-0.05, 0) is 49.0 Å². The third kappa shape index (κ3) is 14.3. The monoisotopic (exact) mass is 763 g/mol. The first-order valence-electron chi connectivity index (χ1n) is 15.4. The number of nitrogens with one attached hydrogen (secondary N) is 1. The van der Waals surface area contributed by atoms with Crippen LogP contribution in [0, 0.1) is 20.8 Å². The molecule has 0 aliphatic heterocycles. The second kappa shape index (κ2) is 21.1. The summed E-state index contributed by atoms with van der Waals surface area (Å²) in [5.74, 6) is 0.911. The van der Waals surface area contributed by atoms with Gasteiger partial charge in [0.1, 0.15) is 5.75 Å². The molecule has 0 aliphatic rings. The maximum absolute atomic E-state index is 10.8. The number of phenolic OH excluding ortho intramolecular Hbond substituents is 1. The van der Waals surface area contributed by atoms with Crippen molar-refractivity contribution >= 4 is 5.69 Å². The smallest absolute Gasteiger partial charge is 0.683 e. The summed E-state index contributed by atoms with van der Waals surface area (Å²) in [6.45, 7) is 16.3. The number of para-hydroxylation sites is 1. The van der Waals surface area contributed by atoms with E-state index in [9.17, 15) is 5.11 Å².